The van der Waals surface area contributed by atoms with E-state index in [-0.39, 0.29) is 12.2 Å². The molecule has 3 nitrogen and oxygen atoms in total. The van der Waals surface area contributed by atoms with E-state index >= 15 is 0 Å². The summed E-state index contributed by atoms with van der Waals surface area (Å²) in [6, 6.07) is 5.56. The van der Waals surface area contributed by atoms with Gasteiger partial charge in [-0.15, -0.1) is 0 Å². The molecule has 1 aliphatic carbocycles. The van der Waals surface area contributed by atoms with Crippen LogP contribution >= 0.6 is 0 Å². The summed E-state index contributed by atoms with van der Waals surface area (Å²) in [5.41, 5.74) is 2.42. The quantitative estimate of drug-likeness (QED) is 0.924. The van der Waals surface area contributed by atoms with E-state index in [2.05, 4.69) is 4.90 Å². The highest BCUT2D eigenvalue weighted by molar-refractivity contribution is 5.66. The molecule has 0 aromatic heterocycles. The summed E-state index contributed by atoms with van der Waals surface area (Å²) in [6.07, 6.45) is 5.32. The number of hydrogen-bond donors (Lipinski definition) is 1. The lowest BCUT2D eigenvalue weighted by Gasteiger charge is -2.37. The number of carbonyl (C=O) groups is 1. The number of aryl methyl sites for hydroxylation is 1. The van der Waals surface area contributed by atoms with E-state index in [0.29, 0.717) is 12.0 Å². The highest BCUT2D eigenvalue weighted by Crippen LogP contribution is 2.38. The molecular formula is C17H22FNO2. The Balaban J connectivity index is 1.66. The average molecular weight is 291 g/mol. The molecule has 0 amide bonds. The van der Waals surface area contributed by atoms with Crippen LogP contribution in [-0.2, 0) is 11.2 Å². The van der Waals surface area contributed by atoms with E-state index in [0.717, 1.165) is 50.8 Å². The van der Waals surface area contributed by atoms with Crippen molar-refractivity contribution in [1.29, 1.82) is 0 Å². The summed E-state index contributed by atoms with van der Waals surface area (Å²) in [7, 11) is 0. The Labute approximate surface area is 124 Å². The number of carboxylic acids is 1. The standard InChI is InChI=1S/C17H22FNO2/c18-14-5-6-15-13(10-14)4-7-16(15)19-9-1-2-12(11-19)3-8-17(20)21/h5-6,10,12,16H,1-4,7-9,11H2,(H,20,21). The Bertz CT molecular complexity index is 532. The summed E-state index contributed by atoms with van der Waals surface area (Å²) in [5, 5.41) is 8.83. The zero-order valence-electron chi connectivity index (χ0n) is 12.2. The van der Waals surface area contributed by atoms with Gasteiger partial charge < -0.3 is 5.11 Å². The molecule has 1 N–H and O–H groups in total. The Morgan fingerprint density at radius 3 is 3.05 bits per heavy atom. The molecule has 0 bridgehead atoms. The molecule has 4 heteroatoms. The minimum atomic E-state index is -0.700. The Kier molecular flexibility index (Phi) is 4.24. The predicted molar refractivity (Wildman–Crippen MR) is 78.6 cm³/mol. The van der Waals surface area contributed by atoms with Crippen LogP contribution in [0.1, 0.15) is 49.3 Å². The van der Waals surface area contributed by atoms with Crippen LogP contribution in [0.2, 0.25) is 0 Å². The number of hydrogen-bond acceptors (Lipinski definition) is 2. The number of carboxylic acid groups (broad SMARTS) is 1. The monoisotopic (exact) mass is 291 g/mol. The average Bonchev–Trinajstić information content (AvgIpc) is 2.88. The van der Waals surface area contributed by atoms with Gasteiger partial charge in [0.2, 0.25) is 0 Å². The smallest absolute Gasteiger partial charge is 0.303 e. The SMILES string of the molecule is O=C(O)CCC1CCCN(C2CCc3cc(F)ccc32)C1. The first-order valence-corrected chi connectivity index (χ1v) is 7.87. The lowest BCUT2D eigenvalue weighted by molar-refractivity contribution is -0.137. The summed E-state index contributed by atoms with van der Waals surface area (Å²) in [4.78, 5) is 13.2. The number of halogens is 1. The number of piperidine rings is 1. The summed E-state index contributed by atoms with van der Waals surface area (Å²) in [5.74, 6) is -0.361. The summed E-state index contributed by atoms with van der Waals surface area (Å²) < 4.78 is 13.3. The largest absolute Gasteiger partial charge is 0.481 e. The van der Waals surface area contributed by atoms with Gasteiger partial charge in [-0.3, -0.25) is 9.69 Å². The summed E-state index contributed by atoms with van der Waals surface area (Å²) >= 11 is 0. The van der Waals surface area contributed by atoms with Crippen LogP contribution in [0.15, 0.2) is 18.2 Å². The van der Waals surface area contributed by atoms with Crippen molar-refractivity contribution in [3.63, 3.8) is 0 Å². The number of likely N-dealkylation sites (tertiary alicyclic amines) is 1. The van der Waals surface area contributed by atoms with Gasteiger partial charge in [0.1, 0.15) is 5.82 Å². The molecule has 0 saturated carbocycles. The number of rotatable bonds is 4. The maximum atomic E-state index is 13.3. The predicted octanol–water partition coefficient (Wildman–Crippen LogP) is 3.39. The second kappa shape index (κ2) is 6.14. The molecule has 0 radical (unpaired) electrons. The van der Waals surface area contributed by atoms with E-state index in [1.807, 2.05) is 6.07 Å². The van der Waals surface area contributed by atoms with Crippen LogP contribution in [0.3, 0.4) is 0 Å². The molecule has 0 spiro atoms. The molecule has 2 aliphatic rings. The van der Waals surface area contributed by atoms with Crippen molar-refractivity contribution in [1.82, 2.24) is 4.90 Å². The second-order valence-electron chi connectivity index (χ2n) is 6.33. The lowest BCUT2D eigenvalue weighted by Crippen LogP contribution is -2.37. The normalized spacial score (nSPS) is 25.8. The van der Waals surface area contributed by atoms with Crippen LogP contribution in [0, 0.1) is 11.7 Å². The third-order valence-corrected chi connectivity index (χ3v) is 4.91. The Morgan fingerprint density at radius 1 is 1.38 bits per heavy atom. The van der Waals surface area contributed by atoms with Crippen molar-refractivity contribution >= 4 is 5.97 Å². The lowest BCUT2D eigenvalue weighted by atomic mass is 9.91. The molecule has 1 fully saturated rings. The third kappa shape index (κ3) is 3.26. The van der Waals surface area contributed by atoms with Crippen molar-refractivity contribution in [2.24, 2.45) is 5.92 Å². The maximum Gasteiger partial charge on any atom is 0.303 e. The molecule has 2 unspecified atom stereocenters. The fourth-order valence-corrected chi connectivity index (χ4v) is 3.89. The van der Waals surface area contributed by atoms with E-state index in [9.17, 15) is 9.18 Å². The molecular weight excluding hydrogens is 269 g/mol. The number of aliphatic carboxylic acids is 1. The van der Waals surface area contributed by atoms with Gasteiger partial charge >= 0.3 is 5.97 Å². The van der Waals surface area contributed by atoms with Gasteiger partial charge in [0.05, 0.1) is 0 Å². The van der Waals surface area contributed by atoms with Gasteiger partial charge in [-0.2, -0.15) is 0 Å². The van der Waals surface area contributed by atoms with Crippen molar-refractivity contribution in [2.75, 3.05) is 13.1 Å². The molecule has 1 heterocycles. The Hall–Kier alpha value is -1.42. The first kappa shape index (κ1) is 14.5. The highest BCUT2D eigenvalue weighted by Gasteiger charge is 2.31. The molecule has 1 saturated heterocycles. The zero-order valence-corrected chi connectivity index (χ0v) is 12.2. The fourth-order valence-electron chi connectivity index (χ4n) is 3.89. The molecule has 3 rings (SSSR count). The van der Waals surface area contributed by atoms with Crippen molar-refractivity contribution in [3.05, 3.63) is 35.1 Å². The number of benzene rings is 1. The van der Waals surface area contributed by atoms with Gasteiger partial charge in [-0.05, 0) is 67.8 Å². The first-order valence-electron chi connectivity index (χ1n) is 7.87. The van der Waals surface area contributed by atoms with Crippen molar-refractivity contribution in [2.45, 2.75) is 44.6 Å². The fraction of sp³-hybridized carbons (Fsp3) is 0.588. The van der Waals surface area contributed by atoms with Crippen LogP contribution in [-0.4, -0.2) is 29.1 Å². The molecule has 2 atom stereocenters. The molecule has 1 aromatic rings. The van der Waals surface area contributed by atoms with Gasteiger partial charge in [0.25, 0.3) is 0 Å². The van der Waals surface area contributed by atoms with Gasteiger partial charge in [-0.1, -0.05) is 6.07 Å². The zero-order chi connectivity index (χ0) is 14.8. The van der Waals surface area contributed by atoms with Gasteiger partial charge in [-0.25, -0.2) is 4.39 Å². The summed E-state index contributed by atoms with van der Waals surface area (Å²) in [6.45, 7) is 2.06. The van der Waals surface area contributed by atoms with E-state index < -0.39 is 5.97 Å². The Morgan fingerprint density at radius 2 is 2.24 bits per heavy atom. The van der Waals surface area contributed by atoms with E-state index in [4.69, 9.17) is 5.11 Å². The number of nitrogens with zero attached hydrogens (tertiary/aromatic N) is 1. The minimum Gasteiger partial charge on any atom is -0.481 e. The minimum absolute atomic E-state index is 0.146. The topological polar surface area (TPSA) is 40.5 Å². The van der Waals surface area contributed by atoms with Gasteiger partial charge in [0, 0.05) is 19.0 Å². The maximum absolute atomic E-state index is 13.3. The van der Waals surface area contributed by atoms with Crippen molar-refractivity contribution in [3.8, 4) is 0 Å². The van der Waals surface area contributed by atoms with Crippen LogP contribution in [0.4, 0.5) is 4.39 Å². The number of fused-ring (bicyclic) bond motifs is 1. The highest BCUT2D eigenvalue weighted by atomic mass is 19.1. The second-order valence-corrected chi connectivity index (χ2v) is 6.33. The van der Waals surface area contributed by atoms with Crippen LogP contribution in [0.5, 0.6) is 0 Å². The van der Waals surface area contributed by atoms with Crippen LogP contribution in [0.25, 0.3) is 0 Å². The van der Waals surface area contributed by atoms with Gasteiger partial charge in [0.15, 0.2) is 0 Å². The van der Waals surface area contributed by atoms with E-state index in [1.165, 1.54) is 5.56 Å². The van der Waals surface area contributed by atoms with Crippen LogP contribution < -0.4 is 0 Å². The third-order valence-electron chi connectivity index (χ3n) is 4.91. The van der Waals surface area contributed by atoms with E-state index in [1.54, 1.807) is 12.1 Å². The first-order chi connectivity index (χ1) is 10.1. The molecule has 114 valence electrons. The van der Waals surface area contributed by atoms with Crippen molar-refractivity contribution < 1.29 is 14.3 Å². The molecule has 21 heavy (non-hydrogen) atoms. The molecule has 1 aromatic carbocycles. The molecule has 1 aliphatic heterocycles.